The van der Waals surface area contributed by atoms with Gasteiger partial charge in [-0.2, -0.15) is 0 Å². The average molecular weight is 134 g/mol. The fourth-order valence-electron chi connectivity index (χ4n) is 0.701. The highest BCUT2D eigenvalue weighted by molar-refractivity contribution is 6.35. The molecule has 0 bridgehead atoms. The molecule has 0 aromatic heterocycles. The molecule has 45 valence electrons. The Labute approximate surface area is 58.5 Å². The second kappa shape index (κ2) is 2.69. The number of hydrogen-bond donors (Lipinski definition) is 1. The van der Waals surface area contributed by atoms with E-state index in [0.29, 0.717) is 0 Å². The van der Waals surface area contributed by atoms with E-state index in [-0.39, 0.29) is 0 Å². The number of hydrogen-bond acceptors (Lipinski definition) is 1. The second-order valence-corrected chi connectivity index (χ2v) is 2.33. The van der Waals surface area contributed by atoms with E-state index >= 15 is 0 Å². The largest absolute Gasteiger partial charge is 0.388 e. The molecule has 0 saturated heterocycles. The van der Waals surface area contributed by atoms with Crippen molar-refractivity contribution in [1.82, 2.24) is 0 Å². The SMILES string of the molecule is CNc1ccccc1[Si]. The van der Waals surface area contributed by atoms with Gasteiger partial charge < -0.3 is 5.32 Å². The molecule has 1 aromatic rings. The minimum Gasteiger partial charge on any atom is -0.388 e. The van der Waals surface area contributed by atoms with Crippen molar-refractivity contribution in [3.63, 3.8) is 0 Å². The summed E-state index contributed by atoms with van der Waals surface area (Å²) in [4.78, 5) is 0. The van der Waals surface area contributed by atoms with Gasteiger partial charge in [0.2, 0.25) is 0 Å². The van der Waals surface area contributed by atoms with Crippen molar-refractivity contribution in [2.24, 2.45) is 0 Å². The summed E-state index contributed by atoms with van der Waals surface area (Å²) in [6, 6.07) is 8.00. The molecule has 1 nitrogen and oxygen atoms in total. The van der Waals surface area contributed by atoms with Crippen LogP contribution in [0, 0.1) is 0 Å². The van der Waals surface area contributed by atoms with Gasteiger partial charge in [0.1, 0.15) is 0 Å². The molecular formula is C7H8NSi. The maximum absolute atomic E-state index is 3.44. The van der Waals surface area contributed by atoms with E-state index in [9.17, 15) is 0 Å². The Balaban J connectivity index is 3.01. The number of benzene rings is 1. The highest BCUT2D eigenvalue weighted by Crippen LogP contribution is 1.97. The number of anilines is 1. The van der Waals surface area contributed by atoms with Gasteiger partial charge in [0, 0.05) is 12.7 Å². The molecular weight excluding hydrogens is 126 g/mol. The summed E-state index contributed by atoms with van der Waals surface area (Å²) >= 11 is 0. The Kier molecular flexibility index (Phi) is 1.90. The molecule has 0 atom stereocenters. The molecule has 1 N–H and O–H groups in total. The van der Waals surface area contributed by atoms with Crippen LogP contribution in [-0.4, -0.2) is 17.3 Å². The van der Waals surface area contributed by atoms with Crippen LogP contribution in [-0.2, 0) is 0 Å². The van der Waals surface area contributed by atoms with Gasteiger partial charge in [0.25, 0.3) is 0 Å². The smallest absolute Gasteiger partial charge is 0.0741 e. The third-order valence-corrected chi connectivity index (χ3v) is 1.63. The fraction of sp³-hybridized carbons (Fsp3) is 0.143. The van der Waals surface area contributed by atoms with Gasteiger partial charge in [-0.05, 0) is 11.3 Å². The summed E-state index contributed by atoms with van der Waals surface area (Å²) in [5.41, 5.74) is 1.12. The predicted molar refractivity (Wildman–Crippen MR) is 41.4 cm³/mol. The van der Waals surface area contributed by atoms with Crippen LogP contribution in [0.1, 0.15) is 0 Å². The zero-order valence-corrected chi connectivity index (χ0v) is 6.31. The molecule has 0 heterocycles. The van der Waals surface area contributed by atoms with Crippen molar-refractivity contribution in [1.29, 1.82) is 0 Å². The predicted octanol–water partition coefficient (Wildman–Crippen LogP) is 0.522. The van der Waals surface area contributed by atoms with Crippen molar-refractivity contribution < 1.29 is 0 Å². The molecule has 0 aliphatic carbocycles. The summed E-state index contributed by atoms with van der Waals surface area (Å²) < 4.78 is 0. The average Bonchev–Trinajstić information content (AvgIpc) is 1.89. The fourth-order valence-corrected chi connectivity index (χ4v) is 1.01. The molecule has 1 rings (SSSR count). The van der Waals surface area contributed by atoms with Gasteiger partial charge in [-0.3, -0.25) is 0 Å². The number of rotatable bonds is 1. The first kappa shape index (κ1) is 6.36. The Morgan fingerprint density at radius 3 is 2.44 bits per heavy atom. The molecule has 0 aliphatic heterocycles. The van der Waals surface area contributed by atoms with Crippen molar-refractivity contribution in [3.8, 4) is 0 Å². The molecule has 0 amide bonds. The van der Waals surface area contributed by atoms with Gasteiger partial charge in [-0.15, -0.1) is 0 Å². The van der Waals surface area contributed by atoms with Crippen LogP contribution in [0.3, 0.4) is 0 Å². The number of nitrogens with one attached hydrogen (secondary N) is 1. The van der Waals surface area contributed by atoms with Crippen molar-refractivity contribution in [2.45, 2.75) is 0 Å². The summed E-state index contributed by atoms with van der Waals surface area (Å²) in [6.45, 7) is 0. The second-order valence-electron chi connectivity index (χ2n) is 1.80. The zero-order chi connectivity index (χ0) is 6.69. The third-order valence-electron chi connectivity index (χ3n) is 1.20. The van der Waals surface area contributed by atoms with E-state index in [2.05, 4.69) is 15.6 Å². The quantitative estimate of drug-likeness (QED) is 0.552. The van der Waals surface area contributed by atoms with Crippen LogP contribution >= 0.6 is 0 Å². The van der Waals surface area contributed by atoms with Crippen LogP contribution in [0.5, 0.6) is 0 Å². The van der Waals surface area contributed by atoms with Crippen LogP contribution in [0.25, 0.3) is 0 Å². The van der Waals surface area contributed by atoms with E-state index < -0.39 is 0 Å². The molecule has 9 heavy (non-hydrogen) atoms. The highest BCUT2D eigenvalue weighted by atomic mass is 28.1. The van der Waals surface area contributed by atoms with Gasteiger partial charge in [-0.1, -0.05) is 18.2 Å². The lowest BCUT2D eigenvalue weighted by Crippen LogP contribution is -2.07. The Morgan fingerprint density at radius 2 is 2.00 bits per heavy atom. The molecule has 0 saturated carbocycles. The topological polar surface area (TPSA) is 12.0 Å². The van der Waals surface area contributed by atoms with Crippen molar-refractivity contribution >= 4 is 21.1 Å². The van der Waals surface area contributed by atoms with Gasteiger partial charge >= 0.3 is 0 Å². The lowest BCUT2D eigenvalue weighted by Gasteiger charge is -2.01. The van der Waals surface area contributed by atoms with Crippen LogP contribution in [0.4, 0.5) is 5.69 Å². The first-order chi connectivity index (χ1) is 4.34. The molecule has 0 fully saturated rings. The molecule has 0 unspecified atom stereocenters. The summed E-state index contributed by atoms with van der Waals surface area (Å²) in [6.07, 6.45) is 0. The first-order valence-electron chi connectivity index (χ1n) is 2.83. The molecule has 0 spiro atoms. The van der Waals surface area contributed by atoms with Gasteiger partial charge in [0.05, 0.1) is 10.2 Å². The maximum Gasteiger partial charge on any atom is 0.0741 e. The van der Waals surface area contributed by atoms with Crippen LogP contribution in [0.15, 0.2) is 24.3 Å². The molecule has 0 aliphatic rings. The van der Waals surface area contributed by atoms with Crippen molar-refractivity contribution in [3.05, 3.63) is 24.3 Å². The van der Waals surface area contributed by atoms with E-state index in [1.807, 2.05) is 31.3 Å². The Hall–Kier alpha value is -0.763. The van der Waals surface area contributed by atoms with E-state index in [0.717, 1.165) is 10.9 Å². The summed E-state index contributed by atoms with van der Waals surface area (Å²) in [5, 5.41) is 4.14. The van der Waals surface area contributed by atoms with Gasteiger partial charge in [-0.25, -0.2) is 0 Å². The molecule has 3 radical (unpaired) electrons. The Morgan fingerprint density at radius 1 is 1.33 bits per heavy atom. The van der Waals surface area contributed by atoms with Crippen LogP contribution < -0.4 is 10.5 Å². The Bertz CT molecular complexity index is 198. The maximum atomic E-state index is 3.44. The van der Waals surface area contributed by atoms with E-state index in [1.165, 1.54) is 0 Å². The lowest BCUT2D eigenvalue weighted by molar-refractivity contribution is 1.54. The third kappa shape index (κ3) is 1.33. The van der Waals surface area contributed by atoms with Crippen molar-refractivity contribution in [2.75, 3.05) is 12.4 Å². The molecule has 2 heteroatoms. The first-order valence-corrected chi connectivity index (χ1v) is 3.33. The minimum atomic E-state index is 1.10. The van der Waals surface area contributed by atoms with Gasteiger partial charge in [0.15, 0.2) is 0 Å². The van der Waals surface area contributed by atoms with E-state index in [1.54, 1.807) is 0 Å². The van der Waals surface area contributed by atoms with Crippen LogP contribution in [0.2, 0.25) is 0 Å². The standard InChI is InChI=1S/C7H8NSi/c1-8-6-4-2-3-5-7(6)9/h2-5,8H,1H3. The summed E-state index contributed by atoms with van der Waals surface area (Å²) in [7, 11) is 5.34. The highest BCUT2D eigenvalue weighted by Gasteiger charge is 1.88. The summed E-state index contributed by atoms with van der Waals surface area (Å²) in [5.74, 6) is 0. The number of para-hydroxylation sites is 1. The lowest BCUT2D eigenvalue weighted by atomic mass is 10.3. The minimum absolute atomic E-state index is 1.10. The van der Waals surface area contributed by atoms with E-state index in [4.69, 9.17) is 0 Å². The monoisotopic (exact) mass is 134 g/mol. The zero-order valence-electron chi connectivity index (χ0n) is 5.31. The normalized spacial score (nSPS) is 9.11. The molecule has 1 aromatic carbocycles.